The first-order chi connectivity index (χ1) is 8.45. The van der Waals surface area contributed by atoms with Gasteiger partial charge in [0.05, 0.1) is 6.10 Å². The maximum Gasteiger partial charge on any atom is 0.326 e. The number of aliphatic hydroxyl groups excluding tert-OH is 1. The molecule has 8 heteroatoms. The molecular formula is C10H18N2O5S. The van der Waals surface area contributed by atoms with Gasteiger partial charge in [-0.2, -0.15) is 0 Å². The van der Waals surface area contributed by atoms with Crippen molar-refractivity contribution in [3.63, 3.8) is 0 Å². The van der Waals surface area contributed by atoms with Gasteiger partial charge in [-0.3, -0.25) is 4.21 Å². The number of hydrogen-bond donors (Lipinski definition) is 3. The molecule has 3 N–H and O–H groups in total. The Kier molecular flexibility index (Phi) is 5.54. The molecule has 3 atom stereocenters. The predicted molar refractivity (Wildman–Crippen MR) is 65.7 cm³/mol. The number of likely N-dealkylation sites (tertiary alicyclic amines) is 1. The van der Waals surface area contributed by atoms with Gasteiger partial charge in [-0.15, -0.1) is 0 Å². The molecule has 0 bridgehead atoms. The summed E-state index contributed by atoms with van der Waals surface area (Å²) in [5.41, 5.74) is 0. The Balaban J connectivity index is 2.45. The number of aliphatic hydroxyl groups is 1. The van der Waals surface area contributed by atoms with E-state index in [1.54, 1.807) is 6.92 Å². The fourth-order valence-corrected chi connectivity index (χ4v) is 2.41. The Hall–Kier alpha value is -1.15. The number of carbonyl (C=O) groups is 2. The summed E-state index contributed by atoms with van der Waals surface area (Å²) >= 11 is 0. The minimum atomic E-state index is -1.13. The zero-order chi connectivity index (χ0) is 13.7. The third kappa shape index (κ3) is 3.95. The highest BCUT2D eigenvalue weighted by Crippen LogP contribution is 2.17. The molecule has 104 valence electrons. The van der Waals surface area contributed by atoms with Gasteiger partial charge in [-0.1, -0.05) is 6.92 Å². The fourth-order valence-electron chi connectivity index (χ4n) is 1.79. The fraction of sp³-hybridized carbons (Fsp3) is 0.800. The van der Waals surface area contributed by atoms with Gasteiger partial charge in [0.25, 0.3) is 0 Å². The molecule has 2 unspecified atom stereocenters. The van der Waals surface area contributed by atoms with Crippen LogP contribution in [0, 0.1) is 0 Å². The van der Waals surface area contributed by atoms with Crippen molar-refractivity contribution in [1.82, 2.24) is 10.2 Å². The van der Waals surface area contributed by atoms with E-state index in [1.807, 2.05) is 0 Å². The van der Waals surface area contributed by atoms with E-state index in [0.29, 0.717) is 11.5 Å². The SMILES string of the molecule is CCS(=O)CCNC(=O)N1CC(O)C[C@H]1C(=O)O. The molecule has 0 aliphatic carbocycles. The van der Waals surface area contributed by atoms with Gasteiger partial charge >= 0.3 is 12.0 Å². The van der Waals surface area contributed by atoms with Crippen LogP contribution in [0.25, 0.3) is 0 Å². The van der Waals surface area contributed by atoms with Crippen LogP contribution < -0.4 is 5.32 Å². The van der Waals surface area contributed by atoms with Crippen LogP contribution in [0.1, 0.15) is 13.3 Å². The zero-order valence-electron chi connectivity index (χ0n) is 10.2. The maximum absolute atomic E-state index is 11.7. The molecular weight excluding hydrogens is 260 g/mol. The Labute approximate surface area is 108 Å². The van der Waals surface area contributed by atoms with Crippen molar-refractivity contribution in [1.29, 1.82) is 0 Å². The van der Waals surface area contributed by atoms with Crippen molar-refractivity contribution in [2.45, 2.75) is 25.5 Å². The van der Waals surface area contributed by atoms with E-state index in [1.165, 1.54) is 0 Å². The second-order valence-corrected chi connectivity index (χ2v) is 5.93. The highest BCUT2D eigenvalue weighted by molar-refractivity contribution is 7.84. The number of carboxylic acid groups (broad SMARTS) is 1. The van der Waals surface area contributed by atoms with Crippen LogP contribution in [0.3, 0.4) is 0 Å². The molecule has 1 aliphatic rings. The number of β-amino-alcohol motifs (C(OH)–C–C–N with tert-alkyl or cyclic N) is 1. The van der Waals surface area contributed by atoms with Gasteiger partial charge < -0.3 is 20.4 Å². The number of carboxylic acids is 1. The van der Waals surface area contributed by atoms with E-state index in [0.717, 1.165) is 4.90 Å². The van der Waals surface area contributed by atoms with Gasteiger partial charge in [-0.25, -0.2) is 9.59 Å². The third-order valence-electron chi connectivity index (χ3n) is 2.75. The number of rotatable bonds is 5. The number of aliphatic carboxylic acids is 1. The van der Waals surface area contributed by atoms with Gasteiger partial charge in [-0.05, 0) is 0 Å². The Morgan fingerprint density at radius 1 is 1.50 bits per heavy atom. The second kappa shape index (κ2) is 6.69. The maximum atomic E-state index is 11.7. The van der Waals surface area contributed by atoms with E-state index in [9.17, 15) is 18.9 Å². The first-order valence-electron chi connectivity index (χ1n) is 5.76. The van der Waals surface area contributed by atoms with Crippen LogP contribution in [-0.4, -0.2) is 68.1 Å². The summed E-state index contributed by atoms with van der Waals surface area (Å²) in [6, 6.07) is -1.52. The zero-order valence-corrected chi connectivity index (χ0v) is 11.0. The van der Waals surface area contributed by atoms with Crippen LogP contribution in [0.2, 0.25) is 0 Å². The summed E-state index contributed by atoms with van der Waals surface area (Å²) < 4.78 is 11.2. The Morgan fingerprint density at radius 2 is 2.17 bits per heavy atom. The van der Waals surface area contributed by atoms with Crippen LogP contribution in [0.4, 0.5) is 4.79 Å². The number of nitrogens with zero attached hydrogens (tertiary/aromatic N) is 1. The van der Waals surface area contributed by atoms with Gasteiger partial charge in [0.2, 0.25) is 0 Å². The first kappa shape index (κ1) is 14.9. The van der Waals surface area contributed by atoms with E-state index < -0.39 is 34.9 Å². The van der Waals surface area contributed by atoms with Crippen LogP contribution in [0.15, 0.2) is 0 Å². The molecule has 0 saturated carbocycles. The van der Waals surface area contributed by atoms with Crippen LogP contribution >= 0.6 is 0 Å². The van der Waals surface area contributed by atoms with E-state index in [2.05, 4.69) is 5.32 Å². The summed E-state index contributed by atoms with van der Waals surface area (Å²) in [5.74, 6) is -0.259. The molecule has 0 aromatic carbocycles. The van der Waals surface area contributed by atoms with Crippen molar-refractivity contribution in [2.75, 3.05) is 24.6 Å². The van der Waals surface area contributed by atoms with Crippen molar-refractivity contribution in [3.05, 3.63) is 0 Å². The third-order valence-corrected chi connectivity index (χ3v) is 4.06. The second-order valence-electron chi connectivity index (χ2n) is 4.06. The molecule has 0 aromatic heterocycles. The van der Waals surface area contributed by atoms with E-state index >= 15 is 0 Å². The minimum Gasteiger partial charge on any atom is -0.480 e. The predicted octanol–water partition coefficient (Wildman–Crippen LogP) is -1.02. The lowest BCUT2D eigenvalue weighted by atomic mass is 10.2. The molecule has 0 aromatic rings. The van der Waals surface area contributed by atoms with Crippen molar-refractivity contribution in [2.24, 2.45) is 0 Å². The number of urea groups is 1. The number of nitrogens with one attached hydrogen (secondary N) is 1. The summed E-state index contributed by atoms with van der Waals surface area (Å²) in [6.07, 6.45) is -0.759. The smallest absolute Gasteiger partial charge is 0.326 e. The summed E-state index contributed by atoms with van der Waals surface area (Å²) in [7, 11) is -0.968. The first-order valence-corrected chi connectivity index (χ1v) is 7.24. The molecule has 0 spiro atoms. The standard InChI is InChI=1S/C10H18N2O5S/c1-2-18(17)4-3-11-10(16)12-6-7(13)5-8(12)9(14)15/h7-8,13H,2-6H2,1H3,(H,11,16)(H,14,15)/t7?,8-,18?/m0/s1. The molecule has 2 amide bonds. The molecule has 7 nitrogen and oxygen atoms in total. The monoisotopic (exact) mass is 278 g/mol. The number of amides is 2. The van der Waals surface area contributed by atoms with Gasteiger partial charge in [0.15, 0.2) is 0 Å². The largest absolute Gasteiger partial charge is 0.480 e. The van der Waals surface area contributed by atoms with E-state index in [-0.39, 0.29) is 19.5 Å². The number of carbonyl (C=O) groups excluding carboxylic acids is 1. The molecule has 1 heterocycles. The van der Waals surface area contributed by atoms with Crippen LogP contribution in [-0.2, 0) is 15.6 Å². The highest BCUT2D eigenvalue weighted by Gasteiger charge is 2.38. The molecule has 1 saturated heterocycles. The Morgan fingerprint density at radius 3 is 2.72 bits per heavy atom. The molecule has 18 heavy (non-hydrogen) atoms. The average molecular weight is 278 g/mol. The normalized spacial score (nSPS) is 24.9. The molecule has 1 rings (SSSR count). The van der Waals surface area contributed by atoms with Crippen molar-refractivity contribution in [3.8, 4) is 0 Å². The topological polar surface area (TPSA) is 107 Å². The summed E-state index contributed by atoms with van der Waals surface area (Å²) in [5, 5.41) is 20.8. The summed E-state index contributed by atoms with van der Waals surface area (Å²) in [4.78, 5) is 23.7. The minimum absolute atomic E-state index is 0.0136. The molecule has 1 aliphatic heterocycles. The van der Waals surface area contributed by atoms with Gasteiger partial charge in [0, 0.05) is 41.8 Å². The lowest BCUT2D eigenvalue weighted by molar-refractivity contribution is -0.141. The molecule has 0 radical (unpaired) electrons. The van der Waals surface area contributed by atoms with Crippen molar-refractivity contribution >= 4 is 22.8 Å². The van der Waals surface area contributed by atoms with Crippen molar-refractivity contribution < 1.29 is 24.0 Å². The lowest BCUT2D eigenvalue weighted by Gasteiger charge is -2.21. The highest BCUT2D eigenvalue weighted by atomic mass is 32.2. The summed E-state index contributed by atoms with van der Waals surface area (Å²) in [6.45, 7) is 2.03. The lowest BCUT2D eigenvalue weighted by Crippen LogP contribution is -2.47. The molecule has 1 fully saturated rings. The number of hydrogen-bond acceptors (Lipinski definition) is 4. The van der Waals surface area contributed by atoms with Gasteiger partial charge in [0.1, 0.15) is 6.04 Å². The Bertz CT molecular complexity index is 349. The van der Waals surface area contributed by atoms with E-state index in [4.69, 9.17) is 5.11 Å². The average Bonchev–Trinajstić information content (AvgIpc) is 2.71. The van der Waals surface area contributed by atoms with Crippen LogP contribution in [0.5, 0.6) is 0 Å². The quantitative estimate of drug-likeness (QED) is 0.597.